The van der Waals surface area contributed by atoms with Crippen molar-refractivity contribution < 1.29 is 8.98 Å². The molecule has 0 aromatic heterocycles. The zero-order valence-corrected chi connectivity index (χ0v) is 14.4. The molecule has 1 saturated heterocycles. The summed E-state index contributed by atoms with van der Waals surface area (Å²) in [4.78, 5) is 14.4. The highest BCUT2D eigenvalue weighted by Gasteiger charge is 2.20. The fourth-order valence-electron chi connectivity index (χ4n) is 2.54. The Balaban J connectivity index is 1.66. The zero-order valence-electron chi connectivity index (χ0n) is 13.6. The second-order valence-corrected chi connectivity index (χ2v) is 6.53. The van der Waals surface area contributed by atoms with Crippen molar-refractivity contribution >= 4 is 23.8 Å². The SMILES string of the molecule is Cc1cc(OSc2ccc(N3CCNC3=O)cc2)cc(C)c1C. The van der Waals surface area contributed by atoms with E-state index >= 15 is 0 Å². The summed E-state index contributed by atoms with van der Waals surface area (Å²) in [6.45, 7) is 7.72. The molecule has 0 atom stereocenters. The number of nitrogens with zero attached hydrogens (tertiary/aromatic N) is 1. The number of nitrogens with one attached hydrogen (secondary N) is 1. The van der Waals surface area contributed by atoms with Gasteiger partial charge >= 0.3 is 6.03 Å². The van der Waals surface area contributed by atoms with E-state index in [1.165, 1.54) is 28.7 Å². The minimum Gasteiger partial charge on any atom is -0.421 e. The molecule has 3 rings (SSSR count). The third-order valence-electron chi connectivity index (χ3n) is 4.14. The van der Waals surface area contributed by atoms with Gasteiger partial charge in [-0.2, -0.15) is 0 Å². The molecule has 0 saturated carbocycles. The van der Waals surface area contributed by atoms with Crippen LogP contribution in [0.1, 0.15) is 16.7 Å². The Morgan fingerprint density at radius 3 is 2.30 bits per heavy atom. The van der Waals surface area contributed by atoms with Crippen molar-refractivity contribution in [2.75, 3.05) is 18.0 Å². The molecule has 0 bridgehead atoms. The molecule has 120 valence electrons. The monoisotopic (exact) mass is 328 g/mol. The van der Waals surface area contributed by atoms with Crippen molar-refractivity contribution in [1.29, 1.82) is 0 Å². The first-order valence-electron chi connectivity index (χ1n) is 7.62. The Morgan fingerprint density at radius 1 is 1.09 bits per heavy atom. The van der Waals surface area contributed by atoms with Gasteiger partial charge in [0.15, 0.2) is 0 Å². The normalized spacial score (nSPS) is 14.0. The van der Waals surface area contributed by atoms with E-state index < -0.39 is 0 Å². The molecule has 1 fully saturated rings. The molecule has 4 nitrogen and oxygen atoms in total. The first kappa shape index (κ1) is 15.7. The number of benzene rings is 2. The Labute approximate surface area is 141 Å². The van der Waals surface area contributed by atoms with Crippen LogP contribution in [0.15, 0.2) is 41.3 Å². The smallest absolute Gasteiger partial charge is 0.321 e. The number of aryl methyl sites for hydroxylation is 2. The quantitative estimate of drug-likeness (QED) is 0.854. The van der Waals surface area contributed by atoms with Gasteiger partial charge in [0.2, 0.25) is 0 Å². The highest BCUT2D eigenvalue weighted by atomic mass is 32.2. The molecule has 0 radical (unpaired) electrons. The van der Waals surface area contributed by atoms with Gasteiger partial charge in [-0.25, -0.2) is 4.79 Å². The lowest BCUT2D eigenvalue weighted by Crippen LogP contribution is -2.27. The molecule has 2 aromatic rings. The molecular weight excluding hydrogens is 308 g/mol. The van der Waals surface area contributed by atoms with E-state index in [1.807, 2.05) is 24.3 Å². The predicted octanol–water partition coefficient (Wildman–Crippen LogP) is 4.23. The van der Waals surface area contributed by atoms with E-state index in [9.17, 15) is 4.79 Å². The maximum absolute atomic E-state index is 11.6. The minimum atomic E-state index is -0.0349. The largest absolute Gasteiger partial charge is 0.421 e. The Morgan fingerprint density at radius 2 is 1.74 bits per heavy atom. The van der Waals surface area contributed by atoms with Gasteiger partial charge in [-0.05, 0) is 73.9 Å². The lowest BCUT2D eigenvalue weighted by Gasteiger charge is -2.14. The van der Waals surface area contributed by atoms with Crippen molar-refractivity contribution in [3.63, 3.8) is 0 Å². The third-order valence-corrected chi connectivity index (χ3v) is 4.88. The van der Waals surface area contributed by atoms with Crippen molar-refractivity contribution in [3.8, 4) is 5.75 Å². The maximum Gasteiger partial charge on any atom is 0.321 e. The van der Waals surface area contributed by atoms with E-state index in [1.54, 1.807) is 4.90 Å². The summed E-state index contributed by atoms with van der Waals surface area (Å²) in [5.74, 6) is 0.860. The summed E-state index contributed by atoms with van der Waals surface area (Å²) in [5.41, 5.74) is 4.67. The fraction of sp³-hybridized carbons (Fsp3) is 0.278. The second-order valence-electron chi connectivity index (χ2n) is 5.73. The van der Waals surface area contributed by atoms with E-state index in [0.717, 1.165) is 16.3 Å². The molecule has 2 aromatic carbocycles. The number of rotatable bonds is 4. The van der Waals surface area contributed by atoms with Gasteiger partial charge in [0, 0.05) is 23.7 Å². The van der Waals surface area contributed by atoms with E-state index in [2.05, 4.69) is 38.2 Å². The molecular formula is C18H20N2O2S. The van der Waals surface area contributed by atoms with Gasteiger partial charge in [0.25, 0.3) is 0 Å². The highest BCUT2D eigenvalue weighted by Crippen LogP contribution is 2.28. The average Bonchev–Trinajstić information content (AvgIpc) is 2.97. The summed E-state index contributed by atoms with van der Waals surface area (Å²) in [5, 5.41) is 2.80. The summed E-state index contributed by atoms with van der Waals surface area (Å²) >= 11 is 1.33. The number of hydrogen-bond donors (Lipinski definition) is 1. The molecule has 0 spiro atoms. The lowest BCUT2D eigenvalue weighted by atomic mass is 10.0. The fourth-order valence-corrected chi connectivity index (χ4v) is 3.08. The number of amides is 2. The van der Waals surface area contributed by atoms with Crippen LogP contribution in [0, 0.1) is 20.8 Å². The van der Waals surface area contributed by atoms with E-state index in [0.29, 0.717) is 13.1 Å². The second kappa shape index (κ2) is 6.54. The Hall–Kier alpha value is -2.14. The number of carbonyl (C=O) groups excluding carboxylic acids is 1. The van der Waals surface area contributed by atoms with Crippen LogP contribution in [0.5, 0.6) is 5.75 Å². The number of urea groups is 1. The van der Waals surface area contributed by atoms with E-state index in [-0.39, 0.29) is 6.03 Å². The summed E-state index contributed by atoms with van der Waals surface area (Å²) in [6, 6.07) is 11.9. The molecule has 5 heteroatoms. The van der Waals surface area contributed by atoms with Gasteiger partial charge in [-0.15, -0.1) is 0 Å². The van der Waals surface area contributed by atoms with Gasteiger partial charge < -0.3 is 9.50 Å². The highest BCUT2D eigenvalue weighted by molar-refractivity contribution is 7.95. The van der Waals surface area contributed by atoms with Gasteiger partial charge in [-0.1, -0.05) is 0 Å². The Kier molecular flexibility index (Phi) is 4.48. The minimum absolute atomic E-state index is 0.0349. The van der Waals surface area contributed by atoms with Crippen molar-refractivity contribution in [1.82, 2.24) is 5.32 Å². The number of hydrogen-bond acceptors (Lipinski definition) is 3. The number of anilines is 1. The molecule has 23 heavy (non-hydrogen) atoms. The zero-order chi connectivity index (χ0) is 16.4. The summed E-state index contributed by atoms with van der Waals surface area (Å²) < 4.78 is 5.82. The first-order valence-corrected chi connectivity index (χ1v) is 8.36. The van der Waals surface area contributed by atoms with Gasteiger partial charge in [-0.3, -0.25) is 4.90 Å². The van der Waals surface area contributed by atoms with Crippen molar-refractivity contribution in [2.24, 2.45) is 0 Å². The maximum atomic E-state index is 11.6. The Bertz CT molecular complexity index is 705. The summed E-state index contributed by atoms with van der Waals surface area (Å²) in [7, 11) is 0. The van der Waals surface area contributed by atoms with Crippen LogP contribution in [-0.4, -0.2) is 19.1 Å². The first-order chi connectivity index (χ1) is 11.0. The third kappa shape index (κ3) is 3.45. The van der Waals surface area contributed by atoms with Gasteiger partial charge in [0.1, 0.15) is 5.75 Å². The van der Waals surface area contributed by atoms with Crippen LogP contribution in [0.3, 0.4) is 0 Å². The summed E-state index contributed by atoms with van der Waals surface area (Å²) in [6.07, 6.45) is 0. The molecule has 1 N–H and O–H groups in total. The standard InChI is InChI=1S/C18H20N2O2S/c1-12-10-16(11-13(2)14(12)3)22-23-17-6-4-15(5-7-17)20-9-8-19-18(20)21/h4-7,10-11H,8-9H2,1-3H3,(H,19,21). The topological polar surface area (TPSA) is 41.6 Å². The van der Waals surface area contributed by atoms with Crippen LogP contribution in [-0.2, 0) is 0 Å². The molecule has 0 unspecified atom stereocenters. The average molecular weight is 328 g/mol. The molecule has 0 aliphatic carbocycles. The predicted molar refractivity (Wildman–Crippen MR) is 94.3 cm³/mol. The molecule has 1 heterocycles. The number of carbonyl (C=O) groups is 1. The van der Waals surface area contributed by atoms with Crippen LogP contribution in [0.4, 0.5) is 10.5 Å². The van der Waals surface area contributed by atoms with Crippen LogP contribution in [0.2, 0.25) is 0 Å². The van der Waals surface area contributed by atoms with Gasteiger partial charge in [0.05, 0.1) is 12.0 Å². The lowest BCUT2D eigenvalue weighted by molar-refractivity contribution is 0.252. The molecule has 1 aliphatic rings. The van der Waals surface area contributed by atoms with Crippen molar-refractivity contribution in [3.05, 3.63) is 53.1 Å². The van der Waals surface area contributed by atoms with Crippen LogP contribution >= 0.6 is 12.0 Å². The van der Waals surface area contributed by atoms with Crippen molar-refractivity contribution in [2.45, 2.75) is 25.7 Å². The molecule has 2 amide bonds. The molecule has 1 aliphatic heterocycles. The van der Waals surface area contributed by atoms with Crippen LogP contribution < -0.4 is 14.4 Å². The van der Waals surface area contributed by atoms with E-state index in [4.69, 9.17) is 4.18 Å². The van der Waals surface area contributed by atoms with Crippen LogP contribution in [0.25, 0.3) is 0 Å².